The molecule has 0 bridgehead atoms. The summed E-state index contributed by atoms with van der Waals surface area (Å²) in [5.74, 6) is 0.634. The van der Waals surface area contributed by atoms with Gasteiger partial charge in [-0.05, 0) is 42.0 Å². The van der Waals surface area contributed by atoms with E-state index < -0.39 is 0 Å². The van der Waals surface area contributed by atoms with Crippen molar-refractivity contribution in [3.8, 4) is 6.07 Å². The van der Waals surface area contributed by atoms with Crippen LogP contribution in [0.1, 0.15) is 38.8 Å². The van der Waals surface area contributed by atoms with Gasteiger partial charge in [-0.1, -0.05) is 27.7 Å². The van der Waals surface area contributed by atoms with Crippen molar-refractivity contribution < 1.29 is 0 Å². The first-order valence-electron chi connectivity index (χ1n) is 6.11. The summed E-state index contributed by atoms with van der Waals surface area (Å²) in [6.45, 7) is 11.9. The number of aryl methyl sites for hydroxylation is 1. The van der Waals surface area contributed by atoms with E-state index in [0.29, 0.717) is 5.92 Å². The summed E-state index contributed by atoms with van der Waals surface area (Å²) in [5.41, 5.74) is 3.13. The van der Waals surface area contributed by atoms with Gasteiger partial charge >= 0.3 is 0 Å². The molecule has 0 aliphatic heterocycles. The molecule has 92 valence electrons. The molecular weight excluding hydrogens is 208 g/mol. The van der Waals surface area contributed by atoms with Crippen molar-refractivity contribution in [2.45, 2.75) is 34.6 Å². The Labute approximate surface area is 105 Å². The van der Waals surface area contributed by atoms with Crippen LogP contribution in [0.25, 0.3) is 0 Å². The second kappa shape index (κ2) is 5.23. The van der Waals surface area contributed by atoms with Gasteiger partial charge < -0.3 is 5.32 Å². The van der Waals surface area contributed by atoms with Crippen molar-refractivity contribution in [3.63, 3.8) is 0 Å². The zero-order valence-corrected chi connectivity index (χ0v) is 11.5. The molecule has 1 N–H and O–H groups in total. The van der Waals surface area contributed by atoms with Crippen LogP contribution in [0.2, 0.25) is 0 Å². The fourth-order valence-corrected chi connectivity index (χ4v) is 1.43. The highest BCUT2D eigenvalue weighted by Crippen LogP contribution is 2.26. The van der Waals surface area contributed by atoms with Crippen LogP contribution in [0.3, 0.4) is 0 Å². The first-order valence-corrected chi connectivity index (χ1v) is 6.11. The van der Waals surface area contributed by atoms with Crippen molar-refractivity contribution in [3.05, 3.63) is 29.3 Å². The maximum absolute atomic E-state index is 8.87. The molecule has 2 heteroatoms. The van der Waals surface area contributed by atoms with Crippen molar-refractivity contribution in [2.24, 2.45) is 11.3 Å². The summed E-state index contributed by atoms with van der Waals surface area (Å²) in [7, 11) is 0. The average Bonchev–Trinajstić information content (AvgIpc) is 2.26. The molecule has 0 aliphatic rings. The largest absolute Gasteiger partial charge is 0.384 e. The molecule has 0 aromatic heterocycles. The third-order valence-corrected chi connectivity index (χ3v) is 3.66. The van der Waals surface area contributed by atoms with Gasteiger partial charge in [-0.2, -0.15) is 5.26 Å². The average molecular weight is 230 g/mol. The summed E-state index contributed by atoms with van der Waals surface area (Å²) in [6.07, 6.45) is 0. The second-order valence-corrected chi connectivity index (χ2v) is 5.64. The number of hydrogen-bond acceptors (Lipinski definition) is 2. The lowest BCUT2D eigenvalue weighted by Crippen LogP contribution is -2.28. The molecule has 0 saturated carbocycles. The molecule has 17 heavy (non-hydrogen) atoms. The zero-order chi connectivity index (χ0) is 13.1. The normalized spacial score (nSPS) is 11.4. The van der Waals surface area contributed by atoms with Gasteiger partial charge in [0.15, 0.2) is 0 Å². The number of benzene rings is 1. The fraction of sp³-hybridized carbons (Fsp3) is 0.533. The quantitative estimate of drug-likeness (QED) is 0.849. The molecule has 0 aliphatic carbocycles. The lowest BCUT2D eigenvalue weighted by Gasteiger charge is -2.30. The maximum Gasteiger partial charge on any atom is 0.0994 e. The van der Waals surface area contributed by atoms with E-state index in [1.165, 1.54) is 0 Å². The van der Waals surface area contributed by atoms with Gasteiger partial charge in [0.1, 0.15) is 0 Å². The van der Waals surface area contributed by atoms with Crippen LogP contribution in [0.15, 0.2) is 18.2 Å². The molecule has 1 aromatic rings. The molecule has 0 saturated heterocycles. The second-order valence-electron chi connectivity index (χ2n) is 5.64. The monoisotopic (exact) mass is 230 g/mol. The van der Waals surface area contributed by atoms with Gasteiger partial charge in [-0.25, -0.2) is 0 Å². The number of hydrogen-bond donors (Lipinski definition) is 1. The third-order valence-electron chi connectivity index (χ3n) is 3.66. The number of nitrogens with one attached hydrogen (secondary N) is 1. The number of nitriles is 1. The molecule has 0 spiro atoms. The number of nitrogens with zero attached hydrogens (tertiary/aromatic N) is 1. The van der Waals surface area contributed by atoms with E-state index in [9.17, 15) is 0 Å². The lowest BCUT2D eigenvalue weighted by atomic mass is 9.81. The minimum absolute atomic E-state index is 0.266. The molecule has 0 atom stereocenters. The van der Waals surface area contributed by atoms with Crippen molar-refractivity contribution >= 4 is 5.69 Å². The summed E-state index contributed by atoms with van der Waals surface area (Å²) >= 11 is 0. The summed E-state index contributed by atoms with van der Waals surface area (Å²) in [6, 6.07) is 8.07. The zero-order valence-electron chi connectivity index (χ0n) is 11.5. The van der Waals surface area contributed by atoms with E-state index in [2.05, 4.69) is 39.1 Å². The van der Waals surface area contributed by atoms with E-state index in [1.807, 2.05) is 25.1 Å². The van der Waals surface area contributed by atoms with Crippen LogP contribution < -0.4 is 5.32 Å². The third kappa shape index (κ3) is 3.49. The Balaban J connectivity index is 2.72. The minimum Gasteiger partial charge on any atom is -0.384 e. The van der Waals surface area contributed by atoms with Gasteiger partial charge in [0.25, 0.3) is 0 Å². The Kier molecular flexibility index (Phi) is 4.17. The topological polar surface area (TPSA) is 35.8 Å². The molecule has 0 fully saturated rings. The van der Waals surface area contributed by atoms with Gasteiger partial charge in [0.2, 0.25) is 0 Å². The van der Waals surface area contributed by atoms with Crippen molar-refractivity contribution in [2.75, 3.05) is 11.9 Å². The minimum atomic E-state index is 0.266. The van der Waals surface area contributed by atoms with E-state index in [4.69, 9.17) is 5.26 Å². The highest BCUT2D eigenvalue weighted by Gasteiger charge is 2.21. The predicted molar refractivity (Wildman–Crippen MR) is 73.0 cm³/mol. The van der Waals surface area contributed by atoms with Crippen LogP contribution in [0.4, 0.5) is 5.69 Å². The molecule has 1 rings (SSSR count). The van der Waals surface area contributed by atoms with Gasteiger partial charge in [0, 0.05) is 12.2 Å². The van der Waals surface area contributed by atoms with Crippen molar-refractivity contribution in [1.82, 2.24) is 0 Å². The summed E-state index contributed by atoms with van der Waals surface area (Å²) < 4.78 is 0. The van der Waals surface area contributed by atoms with E-state index in [0.717, 1.165) is 23.4 Å². The first-order chi connectivity index (χ1) is 7.86. The van der Waals surface area contributed by atoms with E-state index in [-0.39, 0.29) is 5.41 Å². The molecule has 0 amide bonds. The maximum atomic E-state index is 8.87. The molecule has 0 unspecified atom stereocenters. The lowest BCUT2D eigenvalue weighted by molar-refractivity contribution is 0.269. The standard InChI is InChI=1S/C15H22N2/c1-11(2)15(4,5)10-17-14-7-6-13(9-16)12(3)8-14/h6-8,11,17H,10H2,1-5H3. The predicted octanol–water partition coefficient (Wildman–Crippen LogP) is 3.96. The van der Waals surface area contributed by atoms with Crippen molar-refractivity contribution in [1.29, 1.82) is 5.26 Å². The highest BCUT2D eigenvalue weighted by atomic mass is 14.9. The van der Waals surface area contributed by atoms with Gasteiger partial charge in [-0.3, -0.25) is 0 Å². The molecule has 0 radical (unpaired) electrons. The number of anilines is 1. The Bertz CT molecular complexity index is 425. The molecule has 2 nitrogen and oxygen atoms in total. The Morgan fingerprint density at radius 2 is 2.00 bits per heavy atom. The highest BCUT2D eigenvalue weighted by molar-refractivity contribution is 5.51. The van der Waals surface area contributed by atoms with Gasteiger partial charge in [-0.15, -0.1) is 0 Å². The Hall–Kier alpha value is -1.49. The molecular formula is C15H22N2. The van der Waals surface area contributed by atoms with Crippen LogP contribution in [0, 0.1) is 29.6 Å². The first kappa shape index (κ1) is 13.6. The molecule has 1 aromatic carbocycles. The summed E-state index contributed by atoms with van der Waals surface area (Å²) in [5, 5.41) is 12.3. The Morgan fingerprint density at radius 1 is 1.35 bits per heavy atom. The summed E-state index contributed by atoms with van der Waals surface area (Å²) in [4.78, 5) is 0. The SMILES string of the molecule is Cc1cc(NCC(C)(C)C(C)C)ccc1C#N. The number of rotatable bonds is 4. The smallest absolute Gasteiger partial charge is 0.0994 e. The van der Waals surface area contributed by atoms with Gasteiger partial charge in [0.05, 0.1) is 11.6 Å². The van der Waals surface area contributed by atoms with Crippen LogP contribution >= 0.6 is 0 Å². The van der Waals surface area contributed by atoms with Crippen LogP contribution in [0.5, 0.6) is 0 Å². The van der Waals surface area contributed by atoms with E-state index >= 15 is 0 Å². The van der Waals surface area contributed by atoms with Crippen LogP contribution in [-0.2, 0) is 0 Å². The Morgan fingerprint density at radius 3 is 2.47 bits per heavy atom. The van der Waals surface area contributed by atoms with Crippen LogP contribution in [-0.4, -0.2) is 6.54 Å². The van der Waals surface area contributed by atoms with E-state index in [1.54, 1.807) is 0 Å². The fourth-order valence-electron chi connectivity index (χ4n) is 1.43. The molecule has 0 heterocycles.